The van der Waals surface area contributed by atoms with Gasteiger partial charge in [-0.15, -0.1) is 0 Å². The number of fused-ring (bicyclic) bond motifs is 1. The molecule has 2 atom stereocenters. The molecule has 2 aliphatic heterocycles. The van der Waals surface area contributed by atoms with Gasteiger partial charge in [0, 0.05) is 19.0 Å². The molecule has 0 spiro atoms. The Bertz CT molecular complexity index is 261. The van der Waals surface area contributed by atoms with Gasteiger partial charge in [0.25, 0.3) is 0 Å². The zero-order valence-electron chi connectivity index (χ0n) is 9.41. The summed E-state index contributed by atoms with van der Waals surface area (Å²) < 4.78 is 0. The summed E-state index contributed by atoms with van der Waals surface area (Å²) in [5, 5.41) is 3.31. The first-order valence-electron chi connectivity index (χ1n) is 6.27. The fourth-order valence-corrected chi connectivity index (χ4v) is 3.33. The summed E-state index contributed by atoms with van der Waals surface area (Å²) in [7, 11) is 0. The number of piperidine rings is 2. The van der Waals surface area contributed by atoms with Crippen LogP contribution in [-0.4, -0.2) is 37.0 Å². The summed E-state index contributed by atoms with van der Waals surface area (Å²) in [4.78, 5) is 14.3. The minimum Gasteiger partial charge on any atom is -0.342 e. The zero-order valence-corrected chi connectivity index (χ0v) is 9.41. The van der Waals surface area contributed by atoms with Crippen LogP contribution in [0.4, 0.5) is 0 Å². The van der Waals surface area contributed by atoms with Gasteiger partial charge in [-0.05, 0) is 43.7 Å². The SMILES string of the molecule is CC1C2CN(C(=O)C3CCNCC3)CC12. The molecule has 3 fully saturated rings. The highest BCUT2D eigenvalue weighted by Gasteiger charge is 2.54. The van der Waals surface area contributed by atoms with Crippen molar-refractivity contribution < 1.29 is 4.79 Å². The van der Waals surface area contributed by atoms with Crippen molar-refractivity contribution in [1.82, 2.24) is 10.2 Å². The fourth-order valence-electron chi connectivity index (χ4n) is 3.33. The van der Waals surface area contributed by atoms with Crippen molar-refractivity contribution in [2.24, 2.45) is 23.7 Å². The number of likely N-dealkylation sites (tertiary alicyclic amines) is 1. The number of rotatable bonds is 1. The number of nitrogens with zero attached hydrogens (tertiary/aromatic N) is 1. The van der Waals surface area contributed by atoms with Crippen LogP contribution in [0.1, 0.15) is 19.8 Å². The quantitative estimate of drug-likeness (QED) is 0.688. The molecule has 2 heterocycles. The molecule has 3 rings (SSSR count). The van der Waals surface area contributed by atoms with E-state index in [0.717, 1.165) is 56.8 Å². The van der Waals surface area contributed by atoms with Crippen molar-refractivity contribution in [2.75, 3.05) is 26.2 Å². The maximum atomic E-state index is 12.2. The molecule has 0 aromatic carbocycles. The third-order valence-electron chi connectivity index (χ3n) is 4.62. The van der Waals surface area contributed by atoms with Gasteiger partial charge in [-0.2, -0.15) is 0 Å². The molecule has 84 valence electrons. The molecule has 2 unspecified atom stereocenters. The van der Waals surface area contributed by atoms with E-state index in [0.29, 0.717) is 11.8 Å². The van der Waals surface area contributed by atoms with E-state index in [2.05, 4.69) is 17.1 Å². The number of nitrogens with one attached hydrogen (secondary N) is 1. The molecule has 1 saturated carbocycles. The molecule has 2 saturated heterocycles. The number of amides is 1. The second kappa shape index (κ2) is 3.48. The lowest BCUT2D eigenvalue weighted by atomic mass is 9.96. The topological polar surface area (TPSA) is 32.3 Å². The van der Waals surface area contributed by atoms with Crippen molar-refractivity contribution >= 4 is 5.91 Å². The Morgan fingerprint density at radius 2 is 1.80 bits per heavy atom. The molecule has 1 aliphatic carbocycles. The second-order valence-electron chi connectivity index (χ2n) is 5.45. The van der Waals surface area contributed by atoms with Gasteiger partial charge in [0.2, 0.25) is 5.91 Å². The van der Waals surface area contributed by atoms with Crippen molar-refractivity contribution in [3.63, 3.8) is 0 Å². The maximum Gasteiger partial charge on any atom is 0.225 e. The van der Waals surface area contributed by atoms with E-state index in [9.17, 15) is 4.79 Å². The van der Waals surface area contributed by atoms with Crippen molar-refractivity contribution in [2.45, 2.75) is 19.8 Å². The van der Waals surface area contributed by atoms with Gasteiger partial charge in [0.1, 0.15) is 0 Å². The Balaban J connectivity index is 1.56. The number of carbonyl (C=O) groups excluding carboxylic acids is 1. The average Bonchev–Trinajstić information content (AvgIpc) is 2.74. The van der Waals surface area contributed by atoms with Crippen LogP contribution in [-0.2, 0) is 4.79 Å². The van der Waals surface area contributed by atoms with E-state index in [1.54, 1.807) is 0 Å². The first-order valence-corrected chi connectivity index (χ1v) is 6.27. The highest BCUT2D eigenvalue weighted by Crippen LogP contribution is 2.51. The van der Waals surface area contributed by atoms with E-state index < -0.39 is 0 Å². The Kier molecular flexibility index (Phi) is 2.23. The number of hydrogen-bond acceptors (Lipinski definition) is 2. The van der Waals surface area contributed by atoms with Crippen LogP contribution in [0.3, 0.4) is 0 Å². The first-order chi connectivity index (χ1) is 7.27. The molecule has 3 aliphatic rings. The van der Waals surface area contributed by atoms with E-state index in [-0.39, 0.29) is 0 Å². The van der Waals surface area contributed by atoms with Crippen molar-refractivity contribution in [3.8, 4) is 0 Å². The Labute approximate surface area is 91.2 Å². The molecule has 1 amide bonds. The van der Waals surface area contributed by atoms with Gasteiger partial charge in [-0.3, -0.25) is 4.79 Å². The monoisotopic (exact) mass is 208 g/mol. The minimum absolute atomic E-state index is 0.319. The standard InChI is InChI=1S/C12H20N2O/c1-8-10-6-14(7-11(8)10)12(15)9-2-4-13-5-3-9/h8-11,13H,2-7H2,1H3. The summed E-state index contributed by atoms with van der Waals surface area (Å²) in [5.41, 5.74) is 0. The Morgan fingerprint density at radius 3 is 2.40 bits per heavy atom. The molecular formula is C12H20N2O. The third kappa shape index (κ3) is 1.57. The van der Waals surface area contributed by atoms with Crippen LogP contribution in [0.15, 0.2) is 0 Å². The van der Waals surface area contributed by atoms with Crippen LogP contribution in [0.2, 0.25) is 0 Å². The maximum absolute atomic E-state index is 12.2. The summed E-state index contributed by atoms with van der Waals surface area (Å²) in [6.07, 6.45) is 2.08. The molecule has 0 aromatic rings. The zero-order chi connectivity index (χ0) is 10.4. The predicted octanol–water partition coefficient (Wildman–Crippen LogP) is 0.710. The molecule has 0 radical (unpaired) electrons. The van der Waals surface area contributed by atoms with Crippen LogP contribution in [0, 0.1) is 23.7 Å². The van der Waals surface area contributed by atoms with Gasteiger partial charge in [-0.25, -0.2) is 0 Å². The van der Waals surface area contributed by atoms with Crippen LogP contribution >= 0.6 is 0 Å². The van der Waals surface area contributed by atoms with Crippen LogP contribution < -0.4 is 5.32 Å². The molecule has 0 aromatic heterocycles. The van der Waals surface area contributed by atoms with Crippen molar-refractivity contribution in [3.05, 3.63) is 0 Å². The lowest BCUT2D eigenvalue weighted by molar-refractivity contribution is -0.135. The minimum atomic E-state index is 0.319. The molecule has 3 heteroatoms. The van der Waals surface area contributed by atoms with Gasteiger partial charge in [-0.1, -0.05) is 6.92 Å². The lowest BCUT2D eigenvalue weighted by Crippen LogP contribution is -2.41. The number of hydrogen-bond donors (Lipinski definition) is 1. The Hall–Kier alpha value is -0.570. The van der Waals surface area contributed by atoms with Crippen LogP contribution in [0.25, 0.3) is 0 Å². The van der Waals surface area contributed by atoms with Crippen LogP contribution in [0.5, 0.6) is 0 Å². The summed E-state index contributed by atoms with van der Waals surface area (Å²) >= 11 is 0. The molecule has 15 heavy (non-hydrogen) atoms. The van der Waals surface area contributed by atoms with Crippen molar-refractivity contribution in [1.29, 1.82) is 0 Å². The van der Waals surface area contributed by atoms with E-state index >= 15 is 0 Å². The molecular weight excluding hydrogens is 188 g/mol. The molecule has 3 nitrogen and oxygen atoms in total. The third-order valence-corrected chi connectivity index (χ3v) is 4.62. The molecule has 0 bridgehead atoms. The Morgan fingerprint density at radius 1 is 1.20 bits per heavy atom. The smallest absolute Gasteiger partial charge is 0.225 e. The normalized spacial score (nSPS) is 40.3. The molecule has 1 N–H and O–H groups in total. The predicted molar refractivity (Wildman–Crippen MR) is 58.3 cm³/mol. The largest absolute Gasteiger partial charge is 0.342 e. The summed E-state index contributed by atoms with van der Waals surface area (Å²) in [6, 6.07) is 0. The van der Waals surface area contributed by atoms with Gasteiger partial charge >= 0.3 is 0 Å². The average molecular weight is 208 g/mol. The highest BCUT2D eigenvalue weighted by atomic mass is 16.2. The van der Waals surface area contributed by atoms with E-state index in [1.807, 2.05) is 0 Å². The van der Waals surface area contributed by atoms with Gasteiger partial charge in [0.15, 0.2) is 0 Å². The highest BCUT2D eigenvalue weighted by molar-refractivity contribution is 5.79. The number of carbonyl (C=O) groups is 1. The first kappa shape index (κ1) is 9.64. The van der Waals surface area contributed by atoms with Gasteiger partial charge in [0.05, 0.1) is 0 Å². The fraction of sp³-hybridized carbons (Fsp3) is 0.917. The lowest BCUT2D eigenvalue weighted by Gasteiger charge is -2.28. The second-order valence-corrected chi connectivity index (χ2v) is 5.45. The van der Waals surface area contributed by atoms with E-state index in [4.69, 9.17) is 0 Å². The van der Waals surface area contributed by atoms with E-state index in [1.165, 1.54) is 0 Å². The van der Waals surface area contributed by atoms with Gasteiger partial charge < -0.3 is 10.2 Å². The summed E-state index contributed by atoms with van der Waals surface area (Å²) in [6.45, 7) is 6.46. The summed E-state index contributed by atoms with van der Waals surface area (Å²) in [5.74, 6) is 3.34.